The minimum atomic E-state index is -4.43. The first-order valence-electron chi connectivity index (χ1n) is 10.2. The highest BCUT2D eigenvalue weighted by Crippen LogP contribution is 2.37. The minimum Gasteiger partial charge on any atom is -0.378 e. The van der Waals surface area contributed by atoms with Crippen molar-refractivity contribution in [3.8, 4) is 0 Å². The molecule has 3 fully saturated rings. The Morgan fingerprint density at radius 2 is 1.73 bits per heavy atom. The topological polar surface area (TPSA) is 53.1 Å². The fraction of sp³-hybridized carbons (Fsp3) is 0.619. The highest BCUT2D eigenvalue weighted by Gasteiger charge is 2.56. The van der Waals surface area contributed by atoms with Crippen LogP contribution in [0, 0.1) is 5.92 Å². The van der Waals surface area contributed by atoms with Gasteiger partial charge < -0.3 is 14.5 Å². The maximum Gasteiger partial charge on any atom is 0.416 e. The number of morpholine rings is 1. The first kappa shape index (κ1) is 21.1. The second-order valence-corrected chi connectivity index (χ2v) is 8.76. The number of amides is 2. The van der Waals surface area contributed by atoms with E-state index in [1.54, 1.807) is 4.90 Å². The zero-order valence-corrected chi connectivity index (χ0v) is 17.1. The molecule has 1 spiro atoms. The molecule has 1 unspecified atom stereocenters. The molecule has 1 atom stereocenters. The number of carbonyl (C=O) groups is 2. The molecule has 1 aromatic carbocycles. The van der Waals surface area contributed by atoms with E-state index in [0.717, 1.165) is 18.7 Å². The molecule has 3 saturated heterocycles. The van der Waals surface area contributed by atoms with Crippen LogP contribution in [0.1, 0.15) is 29.8 Å². The number of likely N-dealkylation sites (tertiary alicyclic amines) is 1. The molecule has 0 saturated carbocycles. The van der Waals surface area contributed by atoms with Crippen LogP contribution in [0.15, 0.2) is 24.3 Å². The maximum absolute atomic E-state index is 12.8. The summed E-state index contributed by atoms with van der Waals surface area (Å²) in [6.07, 6.45) is -4.43. The van der Waals surface area contributed by atoms with Gasteiger partial charge >= 0.3 is 6.18 Å². The van der Waals surface area contributed by atoms with Crippen molar-refractivity contribution < 1.29 is 27.5 Å². The summed E-state index contributed by atoms with van der Waals surface area (Å²) >= 11 is 0. The maximum atomic E-state index is 12.8. The third-order valence-corrected chi connectivity index (χ3v) is 6.28. The van der Waals surface area contributed by atoms with Crippen LogP contribution in [0.5, 0.6) is 0 Å². The summed E-state index contributed by atoms with van der Waals surface area (Å²) in [6.45, 7) is 7.73. The molecular weight excluding hydrogens is 399 g/mol. The largest absolute Gasteiger partial charge is 0.416 e. The van der Waals surface area contributed by atoms with E-state index in [-0.39, 0.29) is 34.9 Å². The predicted octanol–water partition coefficient (Wildman–Crippen LogP) is 2.10. The Morgan fingerprint density at radius 1 is 1.10 bits per heavy atom. The Labute approximate surface area is 173 Å². The SMILES string of the molecule is CC(C)C(=O)N1CC2COCCN2C2(CN(C(=O)c3ccc(C(F)(F)F)cc3)C2)C1. The van der Waals surface area contributed by atoms with Crippen LogP contribution >= 0.6 is 0 Å². The van der Waals surface area contributed by atoms with Crippen molar-refractivity contribution in [2.45, 2.75) is 31.6 Å². The van der Waals surface area contributed by atoms with Crippen molar-refractivity contribution in [1.82, 2.24) is 14.7 Å². The molecule has 0 aromatic heterocycles. The quantitative estimate of drug-likeness (QED) is 0.728. The molecule has 1 aromatic rings. The number of nitrogens with zero attached hydrogens (tertiary/aromatic N) is 3. The molecule has 30 heavy (non-hydrogen) atoms. The second-order valence-electron chi connectivity index (χ2n) is 8.76. The third kappa shape index (κ3) is 3.69. The van der Waals surface area contributed by atoms with Crippen molar-refractivity contribution in [1.29, 1.82) is 0 Å². The lowest BCUT2D eigenvalue weighted by molar-refractivity contribution is -0.170. The Kier molecular flexibility index (Phi) is 5.30. The number of piperazine rings is 1. The van der Waals surface area contributed by atoms with Gasteiger partial charge in [-0.2, -0.15) is 13.2 Å². The van der Waals surface area contributed by atoms with Gasteiger partial charge in [0.1, 0.15) is 0 Å². The number of fused-ring (bicyclic) bond motifs is 2. The number of halogens is 3. The summed E-state index contributed by atoms with van der Waals surface area (Å²) in [5.74, 6) is -0.304. The number of ether oxygens (including phenoxy) is 1. The minimum absolute atomic E-state index is 0.0899. The van der Waals surface area contributed by atoms with E-state index in [9.17, 15) is 22.8 Å². The van der Waals surface area contributed by atoms with Crippen molar-refractivity contribution in [3.05, 3.63) is 35.4 Å². The highest BCUT2D eigenvalue weighted by atomic mass is 19.4. The summed E-state index contributed by atoms with van der Waals surface area (Å²) in [7, 11) is 0. The molecule has 164 valence electrons. The van der Waals surface area contributed by atoms with Gasteiger partial charge in [-0.05, 0) is 24.3 Å². The standard InChI is InChI=1S/C21H26F3N3O3/c1-14(2)18(28)25-9-17-10-30-8-7-27(17)20(11-25)12-26(13-20)19(29)15-3-5-16(6-4-15)21(22,23)24/h3-6,14,17H,7-13H2,1-2H3. The molecule has 3 aliphatic rings. The summed E-state index contributed by atoms with van der Waals surface area (Å²) < 4.78 is 43.9. The summed E-state index contributed by atoms with van der Waals surface area (Å²) in [5, 5.41) is 0. The molecule has 0 aliphatic carbocycles. The van der Waals surface area contributed by atoms with E-state index in [1.165, 1.54) is 12.1 Å². The molecule has 3 heterocycles. The number of hydrogen-bond donors (Lipinski definition) is 0. The van der Waals surface area contributed by atoms with Gasteiger partial charge in [0.2, 0.25) is 5.91 Å². The van der Waals surface area contributed by atoms with E-state index in [1.807, 2.05) is 18.7 Å². The van der Waals surface area contributed by atoms with Gasteiger partial charge in [0, 0.05) is 44.2 Å². The van der Waals surface area contributed by atoms with Crippen LogP contribution in [0.3, 0.4) is 0 Å². The Hall–Kier alpha value is -2.13. The van der Waals surface area contributed by atoms with Gasteiger partial charge in [0.05, 0.1) is 30.4 Å². The smallest absolute Gasteiger partial charge is 0.378 e. The zero-order chi connectivity index (χ0) is 21.7. The molecule has 9 heteroatoms. The fourth-order valence-electron chi connectivity index (χ4n) is 4.80. The van der Waals surface area contributed by atoms with Gasteiger partial charge in [-0.3, -0.25) is 14.5 Å². The van der Waals surface area contributed by atoms with Crippen molar-refractivity contribution in [2.24, 2.45) is 5.92 Å². The third-order valence-electron chi connectivity index (χ3n) is 6.28. The van der Waals surface area contributed by atoms with Crippen LogP contribution in [-0.4, -0.2) is 84.0 Å². The first-order valence-corrected chi connectivity index (χ1v) is 10.2. The Morgan fingerprint density at radius 3 is 2.33 bits per heavy atom. The molecular formula is C21H26F3N3O3. The van der Waals surface area contributed by atoms with Crippen molar-refractivity contribution in [3.63, 3.8) is 0 Å². The molecule has 2 amide bonds. The summed E-state index contributed by atoms with van der Waals surface area (Å²) in [5.41, 5.74) is -0.855. The number of benzene rings is 1. The molecule has 0 radical (unpaired) electrons. The lowest BCUT2D eigenvalue weighted by Gasteiger charge is -2.63. The lowest BCUT2D eigenvalue weighted by Crippen LogP contribution is -2.81. The number of rotatable bonds is 2. The summed E-state index contributed by atoms with van der Waals surface area (Å²) in [6, 6.07) is 4.42. The zero-order valence-electron chi connectivity index (χ0n) is 17.1. The van der Waals surface area contributed by atoms with E-state index in [4.69, 9.17) is 4.74 Å². The van der Waals surface area contributed by atoms with Crippen LogP contribution in [0.25, 0.3) is 0 Å². The van der Waals surface area contributed by atoms with E-state index >= 15 is 0 Å². The monoisotopic (exact) mass is 425 g/mol. The highest BCUT2D eigenvalue weighted by molar-refractivity contribution is 5.95. The van der Waals surface area contributed by atoms with Crippen molar-refractivity contribution in [2.75, 3.05) is 45.9 Å². The average Bonchev–Trinajstić information content (AvgIpc) is 2.69. The van der Waals surface area contributed by atoms with E-state index in [0.29, 0.717) is 39.4 Å². The second kappa shape index (κ2) is 7.53. The van der Waals surface area contributed by atoms with Crippen LogP contribution in [0.2, 0.25) is 0 Å². The molecule has 0 bridgehead atoms. The van der Waals surface area contributed by atoms with Crippen LogP contribution < -0.4 is 0 Å². The lowest BCUT2D eigenvalue weighted by atomic mass is 9.81. The normalized spacial score (nSPS) is 24.0. The number of hydrogen-bond acceptors (Lipinski definition) is 4. The predicted molar refractivity (Wildman–Crippen MR) is 103 cm³/mol. The summed E-state index contributed by atoms with van der Waals surface area (Å²) in [4.78, 5) is 31.3. The van der Waals surface area contributed by atoms with Gasteiger partial charge in [0.15, 0.2) is 0 Å². The molecule has 3 aliphatic heterocycles. The number of carbonyl (C=O) groups excluding carboxylic acids is 2. The first-order chi connectivity index (χ1) is 14.1. The van der Waals surface area contributed by atoms with Crippen LogP contribution in [0.4, 0.5) is 13.2 Å². The molecule has 0 N–H and O–H groups in total. The van der Waals surface area contributed by atoms with Crippen molar-refractivity contribution >= 4 is 11.8 Å². The van der Waals surface area contributed by atoms with Crippen LogP contribution in [-0.2, 0) is 15.7 Å². The Bertz CT molecular complexity index is 819. The average molecular weight is 425 g/mol. The number of alkyl halides is 3. The molecule has 6 nitrogen and oxygen atoms in total. The van der Waals surface area contributed by atoms with Gasteiger partial charge in [-0.15, -0.1) is 0 Å². The Balaban J connectivity index is 1.49. The van der Waals surface area contributed by atoms with E-state index in [2.05, 4.69) is 4.90 Å². The fourth-order valence-corrected chi connectivity index (χ4v) is 4.80. The molecule has 4 rings (SSSR count). The van der Waals surface area contributed by atoms with E-state index < -0.39 is 11.7 Å². The van der Waals surface area contributed by atoms with Gasteiger partial charge in [-0.1, -0.05) is 13.8 Å². The van der Waals surface area contributed by atoms with Gasteiger partial charge in [-0.25, -0.2) is 0 Å². The van der Waals surface area contributed by atoms with Gasteiger partial charge in [0.25, 0.3) is 5.91 Å².